The highest BCUT2D eigenvalue weighted by Crippen LogP contribution is 2.22. The van der Waals surface area contributed by atoms with Crippen LogP contribution in [0.3, 0.4) is 0 Å². The maximum atomic E-state index is 13.7. The van der Waals surface area contributed by atoms with Crippen LogP contribution in [-0.2, 0) is 10.2 Å². The van der Waals surface area contributed by atoms with Gasteiger partial charge in [0.25, 0.3) is 0 Å². The summed E-state index contributed by atoms with van der Waals surface area (Å²) in [7, 11) is -2.37. The second-order valence-corrected chi connectivity index (χ2v) is 5.98. The summed E-state index contributed by atoms with van der Waals surface area (Å²) in [6, 6.07) is 5.75. The van der Waals surface area contributed by atoms with E-state index in [0.29, 0.717) is 6.42 Å². The summed E-state index contributed by atoms with van der Waals surface area (Å²) in [5.74, 6) is -0.580. The summed E-state index contributed by atoms with van der Waals surface area (Å²) < 4.78 is 40.5. The SMILES string of the molecule is CCN(c1ccccc1F)S(=O)(=O)N(C)CCCO. The van der Waals surface area contributed by atoms with E-state index in [0.717, 1.165) is 8.61 Å². The molecule has 0 radical (unpaired) electrons. The van der Waals surface area contributed by atoms with Crippen molar-refractivity contribution in [3.63, 3.8) is 0 Å². The van der Waals surface area contributed by atoms with E-state index in [-0.39, 0.29) is 25.4 Å². The molecule has 0 aliphatic heterocycles. The van der Waals surface area contributed by atoms with Gasteiger partial charge in [-0.25, -0.2) is 4.39 Å². The van der Waals surface area contributed by atoms with Gasteiger partial charge in [-0.2, -0.15) is 12.7 Å². The van der Waals surface area contributed by atoms with Gasteiger partial charge in [0.05, 0.1) is 5.69 Å². The quantitative estimate of drug-likeness (QED) is 0.821. The zero-order valence-electron chi connectivity index (χ0n) is 11.1. The third kappa shape index (κ3) is 3.65. The summed E-state index contributed by atoms with van der Waals surface area (Å²) >= 11 is 0. The minimum atomic E-state index is -3.78. The van der Waals surface area contributed by atoms with E-state index in [1.54, 1.807) is 13.0 Å². The van der Waals surface area contributed by atoms with E-state index in [1.165, 1.54) is 25.2 Å². The molecule has 1 aromatic carbocycles. The average Bonchev–Trinajstić information content (AvgIpc) is 2.38. The molecule has 0 spiro atoms. The first kappa shape index (κ1) is 15.9. The molecule has 0 atom stereocenters. The Balaban J connectivity index is 3.06. The molecule has 0 amide bonds. The van der Waals surface area contributed by atoms with Crippen molar-refractivity contribution < 1.29 is 17.9 Å². The Morgan fingerprint density at radius 2 is 1.95 bits per heavy atom. The van der Waals surface area contributed by atoms with E-state index in [1.807, 2.05) is 0 Å². The van der Waals surface area contributed by atoms with Crippen LogP contribution in [-0.4, -0.2) is 44.6 Å². The summed E-state index contributed by atoms with van der Waals surface area (Å²) in [5.41, 5.74) is 0.0286. The third-order valence-electron chi connectivity index (χ3n) is 2.71. The molecule has 1 aromatic rings. The molecule has 0 unspecified atom stereocenters. The molecule has 0 aromatic heterocycles. The zero-order chi connectivity index (χ0) is 14.5. The van der Waals surface area contributed by atoms with Crippen molar-refractivity contribution in [2.45, 2.75) is 13.3 Å². The number of aliphatic hydroxyl groups is 1. The van der Waals surface area contributed by atoms with E-state index >= 15 is 0 Å². The highest BCUT2D eigenvalue weighted by Gasteiger charge is 2.27. The van der Waals surface area contributed by atoms with Crippen LogP contribution in [0.15, 0.2) is 24.3 Å². The number of nitrogens with zero attached hydrogens (tertiary/aromatic N) is 2. The van der Waals surface area contributed by atoms with Crippen LogP contribution in [0.2, 0.25) is 0 Å². The number of para-hydroxylation sites is 1. The Morgan fingerprint density at radius 1 is 1.32 bits per heavy atom. The average molecular weight is 290 g/mol. The van der Waals surface area contributed by atoms with Crippen LogP contribution in [0.5, 0.6) is 0 Å². The monoisotopic (exact) mass is 290 g/mol. The van der Waals surface area contributed by atoms with Gasteiger partial charge in [-0.1, -0.05) is 12.1 Å². The molecule has 5 nitrogen and oxygen atoms in total. The van der Waals surface area contributed by atoms with Crippen molar-refractivity contribution in [3.8, 4) is 0 Å². The molecule has 1 rings (SSSR count). The molecule has 0 saturated heterocycles. The van der Waals surface area contributed by atoms with Gasteiger partial charge in [0.1, 0.15) is 5.82 Å². The Morgan fingerprint density at radius 3 is 2.47 bits per heavy atom. The molecule has 0 heterocycles. The lowest BCUT2D eigenvalue weighted by molar-refractivity contribution is 0.275. The van der Waals surface area contributed by atoms with Crippen molar-refractivity contribution in [2.75, 3.05) is 31.0 Å². The predicted molar refractivity (Wildman–Crippen MR) is 72.7 cm³/mol. The Hall–Kier alpha value is -1.18. The van der Waals surface area contributed by atoms with Gasteiger partial charge in [-0.15, -0.1) is 0 Å². The van der Waals surface area contributed by atoms with E-state index < -0.39 is 16.0 Å². The Kier molecular flexibility index (Phi) is 5.71. The smallest absolute Gasteiger partial charge is 0.303 e. The van der Waals surface area contributed by atoms with Gasteiger partial charge in [0, 0.05) is 26.7 Å². The zero-order valence-corrected chi connectivity index (χ0v) is 11.9. The maximum Gasteiger partial charge on any atom is 0.303 e. The summed E-state index contributed by atoms with van der Waals surface area (Å²) in [5, 5.41) is 8.74. The number of rotatable bonds is 7. The number of anilines is 1. The lowest BCUT2D eigenvalue weighted by atomic mass is 10.3. The number of aliphatic hydroxyl groups excluding tert-OH is 1. The van der Waals surface area contributed by atoms with Crippen molar-refractivity contribution >= 4 is 15.9 Å². The van der Waals surface area contributed by atoms with Crippen LogP contribution in [0, 0.1) is 5.82 Å². The molecule has 108 valence electrons. The molecule has 0 saturated carbocycles. The van der Waals surface area contributed by atoms with Gasteiger partial charge >= 0.3 is 10.2 Å². The van der Waals surface area contributed by atoms with Gasteiger partial charge < -0.3 is 5.11 Å². The fourth-order valence-corrected chi connectivity index (χ4v) is 3.11. The molecule has 0 bridgehead atoms. The highest BCUT2D eigenvalue weighted by molar-refractivity contribution is 7.90. The number of halogens is 1. The van der Waals surface area contributed by atoms with E-state index in [9.17, 15) is 12.8 Å². The van der Waals surface area contributed by atoms with Gasteiger partial charge in [0.15, 0.2) is 0 Å². The lowest BCUT2D eigenvalue weighted by Gasteiger charge is -2.28. The van der Waals surface area contributed by atoms with Crippen LogP contribution < -0.4 is 4.31 Å². The summed E-state index contributed by atoms with van der Waals surface area (Å²) in [4.78, 5) is 0. The van der Waals surface area contributed by atoms with Crippen molar-refractivity contribution in [1.29, 1.82) is 0 Å². The molecule has 0 aliphatic rings. The van der Waals surface area contributed by atoms with Crippen LogP contribution in [0.25, 0.3) is 0 Å². The minimum Gasteiger partial charge on any atom is -0.396 e. The summed E-state index contributed by atoms with van der Waals surface area (Å²) in [6.07, 6.45) is 0.338. The molecule has 19 heavy (non-hydrogen) atoms. The van der Waals surface area contributed by atoms with Crippen molar-refractivity contribution in [1.82, 2.24) is 4.31 Å². The minimum absolute atomic E-state index is 0.0286. The standard InChI is InChI=1S/C12H19FN2O3S/c1-3-15(12-8-5-4-7-11(12)13)19(17,18)14(2)9-6-10-16/h4-5,7-8,16H,3,6,9-10H2,1-2H3. The normalized spacial score (nSPS) is 11.8. The van der Waals surface area contributed by atoms with Crippen LogP contribution >= 0.6 is 0 Å². The number of hydrogen-bond donors (Lipinski definition) is 1. The summed E-state index contributed by atoms with van der Waals surface area (Å²) in [6.45, 7) is 1.87. The third-order valence-corrected chi connectivity index (χ3v) is 4.69. The predicted octanol–water partition coefficient (Wildman–Crippen LogP) is 1.21. The molecule has 0 fully saturated rings. The second-order valence-electron chi connectivity index (χ2n) is 4.02. The lowest BCUT2D eigenvalue weighted by Crippen LogP contribution is -2.42. The first-order chi connectivity index (χ1) is 8.95. The fraction of sp³-hybridized carbons (Fsp3) is 0.500. The first-order valence-corrected chi connectivity index (χ1v) is 7.44. The first-order valence-electron chi connectivity index (χ1n) is 6.04. The topological polar surface area (TPSA) is 60.9 Å². The second kappa shape index (κ2) is 6.83. The van der Waals surface area contributed by atoms with Crippen molar-refractivity contribution in [2.24, 2.45) is 0 Å². The van der Waals surface area contributed by atoms with Gasteiger partial charge in [-0.3, -0.25) is 4.31 Å². The molecule has 0 aliphatic carbocycles. The van der Waals surface area contributed by atoms with Gasteiger partial charge in [0.2, 0.25) is 0 Å². The van der Waals surface area contributed by atoms with Gasteiger partial charge in [-0.05, 0) is 25.5 Å². The molecule has 1 N–H and O–H groups in total. The Labute approximate surface area is 113 Å². The van der Waals surface area contributed by atoms with E-state index in [4.69, 9.17) is 5.11 Å². The maximum absolute atomic E-state index is 13.7. The fourth-order valence-electron chi connectivity index (χ4n) is 1.69. The number of hydrogen-bond acceptors (Lipinski definition) is 3. The molecule has 7 heteroatoms. The van der Waals surface area contributed by atoms with E-state index in [2.05, 4.69) is 0 Å². The molecular formula is C12H19FN2O3S. The Bertz CT molecular complexity index is 507. The number of benzene rings is 1. The van der Waals surface area contributed by atoms with Crippen molar-refractivity contribution in [3.05, 3.63) is 30.1 Å². The van der Waals surface area contributed by atoms with Crippen LogP contribution in [0.1, 0.15) is 13.3 Å². The largest absolute Gasteiger partial charge is 0.396 e. The highest BCUT2D eigenvalue weighted by atomic mass is 32.2. The van der Waals surface area contributed by atoms with Crippen LogP contribution in [0.4, 0.5) is 10.1 Å². The molecular weight excluding hydrogens is 271 g/mol.